The van der Waals surface area contributed by atoms with Gasteiger partial charge in [0.15, 0.2) is 0 Å². The van der Waals surface area contributed by atoms with Crippen molar-refractivity contribution < 1.29 is 9.50 Å². The number of hydrogen-bond acceptors (Lipinski definition) is 2. The highest BCUT2D eigenvalue weighted by atomic mass is 19.1. The third-order valence-corrected chi connectivity index (χ3v) is 4.14. The van der Waals surface area contributed by atoms with Crippen LogP contribution in [0.25, 0.3) is 0 Å². The van der Waals surface area contributed by atoms with Crippen LogP contribution in [-0.2, 0) is 0 Å². The van der Waals surface area contributed by atoms with Crippen molar-refractivity contribution in [3.63, 3.8) is 0 Å². The zero-order valence-electron chi connectivity index (χ0n) is 11.7. The van der Waals surface area contributed by atoms with E-state index in [1.807, 2.05) is 0 Å². The molecule has 3 heteroatoms. The van der Waals surface area contributed by atoms with Gasteiger partial charge in [-0.15, -0.1) is 0 Å². The van der Waals surface area contributed by atoms with Gasteiger partial charge in [0.1, 0.15) is 5.82 Å². The highest BCUT2D eigenvalue weighted by Crippen LogP contribution is 2.27. The normalized spacial score (nSPS) is 17.5. The molecule has 19 heavy (non-hydrogen) atoms. The maximum Gasteiger partial charge on any atom is 0.123 e. The highest BCUT2D eigenvalue weighted by Gasteiger charge is 2.20. The Bertz CT molecular complexity index is 392. The summed E-state index contributed by atoms with van der Waals surface area (Å²) in [5, 5.41) is 10.1. The number of benzene rings is 1. The Balaban J connectivity index is 1.79. The van der Waals surface area contributed by atoms with Crippen LogP contribution < -0.4 is 0 Å². The molecule has 2 rings (SSSR count). The summed E-state index contributed by atoms with van der Waals surface area (Å²) in [6.45, 7) is 5.21. The van der Waals surface area contributed by atoms with Crippen LogP contribution in [0.5, 0.6) is 0 Å². The monoisotopic (exact) mass is 265 g/mol. The molecule has 1 fully saturated rings. The summed E-state index contributed by atoms with van der Waals surface area (Å²) in [6, 6.07) is 6.27. The molecule has 0 heterocycles. The van der Waals surface area contributed by atoms with Gasteiger partial charge in [-0.05, 0) is 49.4 Å². The number of nitrogens with zero attached hydrogens (tertiary/aromatic N) is 1. The molecule has 1 saturated carbocycles. The molecule has 1 aromatic rings. The molecule has 1 N–H and O–H groups in total. The van der Waals surface area contributed by atoms with E-state index in [9.17, 15) is 9.50 Å². The summed E-state index contributed by atoms with van der Waals surface area (Å²) in [5.74, 6) is 0.574. The minimum atomic E-state index is -0.564. The van der Waals surface area contributed by atoms with Gasteiger partial charge in [-0.25, -0.2) is 4.39 Å². The van der Waals surface area contributed by atoms with Gasteiger partial charge >= 0.3 is 0 Å². The second-order valence-corrected chi connectivity index (χ2v) is 5.55. The smallest absolute Gasteiger partial charge is 0.123 e. The van der Waals surface area contributed by atoms with Crippen LogP contribution in [0, 0.1) is 11.7 Å². The van der Waals surface area contributed by atoms with E-state index >= 15 is 0 Å². The zero-order valence-corrected chi connectivity index (χ0v) is 11.7. The third-order valence-electron chi connectivity index (χ3n) is 4.14. The van der Waals surface area contributed by atoms with E-state index in [0.717, 1.165) is 25.6 Å². The lowest BCUT2D eigenvalue weighted by Crippen LogP contribution is -2.33. The maximum absolute atomic E-state index is 13.1. The standard InChI is InChI=1S/C16H24FNO/c1-2-18(12-13-5-3-6-13)10-9-16(19)14-7-4-8-15(17)11-14/h4,7-8,11,13,16,19H,2-3,5-6,9-10,12H2,1H3. The minimum Gasteiger partial charge on any atom is -0.388 e. The molecule has 0 bridgehead atoms. The largest absolute Gasteiger partial charge is 0.388 e. The first-order valence-electron chi connectivity index (χ1n) is 7.35. The minimum absolute atomic E-state index is 0.279. The Morgan fingerprint density at radius 1 is 1.42 bits per heavy atom. The van der Waals surface area contributed by atoms with E-state index in [0.29, 0.717) is 12.0 Å². The van der Waals surface area contributed by atoms with E-state index in [4.69, 9.17) is 0 Å². The Hall–Kier alpha value is -0.930. The van der Waals surface area contributed by atoms with Gasteiger partial charge in [0.25, 0.3) is 0 Å². The zero-order chi connectivity index (χ0) is 13.7. The average molecular weight is 265 g/mol. The fraction of sp³-hybridized carbons (Fsp3) is 0.625. The molecule has 1 aliphatic carbocycles. The molecule has 0 saturated heterocycles. The van der Waals surface area contributed by atoms with Crippen LogP contribution in [0.15, 0.2) is 24.3 Å². The number of aliphatic hydroxyl groups excluding tert-OH is 1. The van der Waals surface area contributed by atoms with Gasteiger partial charge in [0.2, 0.25) is 0 Å². The maximum atomic E-state index is 13.1. The Morgan fingerprint density at radius 3 is 2.79 bits per heavy atom. The number of halogens is 1. The van der Waals surface area contributed by atoms with Crippen LogP contribution in [0.4, 0.5) is 4.39 Å². The van der Waals surface area contributed by atoms with Crippen LogP contribution in [-0.4, -0.2) is 29.6 Å². The van der Waals surface area contributed by atoms with Gasteiger partial charge in [0, 0.05) is 13.1 Å². The molecule has 0 aromatic heterocycles. The van der Waals surface area contributed by atoms with Crippen LogP contribution in [0.1, 0.15) is 44.3 Å². The summed E-state index contributed by atoms with van der Waals surface area (Å²) in [6.07, 6.45) is 4.18. The van der Waals surface area contributed by atoms with Gasteiger partial charge in [-0.1, -0.05) is 25.5 Å². The lowest BCUT2D eigenvalue weighted by molar-refractivity contribution is 0.126. The predicted octanol–water partition coefficient (Wildman–Crippen LogP) is 3.37. The number of rotatable bonds is 7. The van der Waals surface area contributed by atoms with E-state index in [1.54, 1.807) is 12.1 Å². The number of aliphatic hydroxyl groups is 1. The van der Waals surface area contributed by atoms with Crippen molar-refractivity contribution in [2.75, 3.05) is 19.6 Å². The van der Waals surface area contributed by atoms with Crippen LogP contribution in [0.2, 0.25) is 0 Å². The predicted molar refractivity (Wildman–Crippen MR) is 75.4 cm³/mol. The lowest BCUT2D eigenvalue weighted by atomic mass is 9.85. The van der Waals surface area contributed by atoms with Crippen molar-refractivity contribution in [2.24, 2.45) is 5.92 Å². The number of hydrogen-bond donors (Lipinski definition) is 1. The molecule has 1 aromatic carbocycles. The van der Waals surface area contributed by atoms with E-state index in [1.165, 1.54) is 31.4 Å². The summed E-state index contributed by atoms with van der Waals surface area (Å²) in [7, 11) is 0. The summed E-state index contributed by atoms with van der Waals surface area (Å²) in [4.78, 5) is 2.40. The van der Waals surface area contributed by atoms with Crippen molar-refractivity contribution in [3.8, 4) is 0 Å². The van der Waals surface area contributed by atoms with Gasteiger partial charge < -0.3 is 10.0 Å². The quantitative estimate of drug-likeness (QED) is 0.817. The van der Waals surface area contributed by atoms with Gasteiger partial charge in [-0.3, -0.25) is 0 Å². The molecule has 2 nitrogen and oxygen atoms in total. The van der Waals surface area contributed by atoms with Crippen LogP contribution >= 0.6 is 0 Å². The summed E-state index contributed by atoms with van der Waals surface area (Å²) in [5.41, 5.74) is 0.680. The average Bonchev–Trinajstić information content (AvgIpc) is 2.36. The second kappa shape index (κ2) is 7.01. The molecular formula is C16H24FNO. The molecule has 1 atom stereocenters. The molecular weight excluding hydrogens is 241 g/mol. The first-order valence-corrected chi connectivity index (χ1v) is 7.35. The molecule has 106 valence electrons. The fourth-order valence-electron chi connectivity index (χ4n) is 2.60. The summed E-state index contributed by atoms with van der Waals surface area (Å²) >= 11 is 0. The SMILES string of the molecule is CCN(CCC(O)c1cccc(F)c1)CC1CCC1. The fourth-order valence-corrected chi connectivity index (χ4v) is 2.60. The first-order chi connectivity index (χ1) is 9.19. The van der Waals surface area contributed by atoms with Crippen molar-refractivity contribution in [3.05, 3.63) is 35.6 Å². The Kier molecular flexibility index (Phi) is 5.34. The second-order valence-electron chi connectivity index (χ2n) is 5.55. The Morgan fingerprint density at radius 2 is 2.21 bits per heavy atom. The van der Waals surface area contributed by atoms with Crippen molar-refractivity contribution in [1.29, 1.82) is 0 Å². The third kappa shape index (κ3) is 4.29. The van der Waals surface area contributed by atoms with Crippen molar-refractivity contribution in [2.45, 2.75) is 38.7 Å². The van der Waals surface area contributed by atoms with Crippen LogP contribution in [0.3, 0.4) is 0 Å². The van der Waals surface area contributed by atoms with E-state index < -0.39 is 6.10 Å². The molecule has 1 unspecified atom stereocenters. The summed E-state index contributed by atoms with van der Waals surface area (Å²) < 4.78 is 13.1. The first kappa shape index (κ1) is 14.5. The van der Waals surface area contributed by atoms with Gasteiger partial charge in [0.05, 0.1) is 6.10 Å². The molecule has 0 aliphatic heterocycles. The lowest BCUT2D eigenvalue weighted by Gasteiger charge is -2.32. The van der Waals surface area contributed by atoms with E-state index in [2.05, 4.69) is 11.8 Å². The Labute approximate surface area is 115 Å². The van der Waals surface area contributed by atoms with E-state index in [-0.39, 0.29) is 5.82 Å². The molecule has 0 amide bonds. The van der Waals surface area contributed by atoms with Crippen molar-refractivity contribution in [1.82, 2.24) is 4.90 Å². The van der Waals surface area contributed by atoms with Crippen molar-refractivity contribution >= 4 is 0 Å². The van der Waals surface area contributed by atoms with Gasteiger partial charge in [-0.2, -0.15) is 0 Å². The molecule has 0 radical (unpaired) electrons. The topological polar surface area (TPSA) is 23.5 Å². The molecule has 0 spiro atoms. The highest BCUT2D eigenvalue weighted by molar-refractivity contribution is 5.18. The molecule has 1 aliphatic rings.